The standard InChI is InChI=1S/C15H23NO/c1-12-6-4-5-7-14(12)16-9-8-15(2,3)13(10-16)11-17/h4-7,13,17H,8-11H2,1-3H3. The van der Waals surface area contributed by atoms with Gasteiger partial charge in [-0.05, 0) is 30.4 Å². The number of piperidine rings is 1. The van der Waals surface area contributed by atoms with Crippen molar-refractivity contribution in [3.8, 4) is 0 Å². The van der Waals surface area contributed by atoms with Gasteiger partial charge in [-0.1, -0.05) is 32.0 Å². The minimum atomic E-state index is 0.258. The molecule has 1 fully saturated rings. The summed E-state index contributed by atoms with van der Waals surface area (Å²) in [6.07, 6.45) is 1.15. The molecule has 94 valence electrons. The summed E-state index contributed by atoms with van der Waals surface area (Å²) in [5, 5.41) is 9.53. The van der Waals surface area contributed by atoms with E-state index in [-0.39, 0.29) is 12.0 Å². The van der Waals surface area contributed by atoms with E-state index in [1.54, 1.807) is 0 Å². The summed E-state index contributed by atoms with van der Waals surface area (Å²) >= 11 is 0. The Hall–Kier alpha value is -1.02. The summed E-state index contributed by atoms with van der Waals surface area (Å²) in [4.78, 5) is 2.42. The third-order valence-electron chi connectivity index (χ3n) is 4.25. The van der Waals surface area contributed by atoms with E-state index < -0.39 is 0 Å². The molecule has 0 aliphatic carbocycles. The Morgan fingerprint density at radius 2 is 2.06 bits per heavy atom. The van der Waals surface area contributed by atoms with Crippen LogP contribution in [0.1, 0.15) is 25.8 Å². The third-order valence-corrected chi connectivity index (χ3v) is 4.25. The van der Waals surface area contributed by atoms with E-state index in [0.29, 0.717) is 5.92 Å². The van der Waals surface area contributed by atoms with E-state index in [1.807, 2.05) is 0 Å². The Morgan fingerprint density at radius 1 is 1.35 bits per heavy atom. The molecule has 1 aromatic rings. The van der Waals surface area contributed by atoms with E-state index >= 15 is 0 Å². The molecular weight excluding hydrogens is 210 g/mol. The van der Waals surface area contributed by atoms with Crippen LogP contribution >= 0.6 is 0 Å². The number of nitrogens with zero attached hydrogens (tertiary/aromatic N) is 1. The zero-order chi connectivity index (χ0) is 12.5. The molecule has 1 aliphatic rings. The SMILES string of the molecule is Cc1ccccc1N1CCC(C)(C)C(CO)C1. The van der Waals surface area contributed by atoms with Gasteiger partial charge in [0.1, 0.15) is 0 Å². The van der Waals surface area contributed by atoms with Crippen LogP contribution in [0, 0.1) is 18.3 Å². The van der Waals surface area contributed by atoms with Gasteiger partial charge in [0.25, 0.3) is 0 Å². The molecule has 1 unspecified atom stereocenters. The molecule has 0 radical (unpaired) electrons. The maximum absolute atomic E-state index is 9.53. The summed E-state index contributed by atoms with van der Waals surface area (Å²) in [5.74, 6) is 0.371. The first-order valence-corrected chi connectivity index (χ1v) is 6.46. The number of hydrogen-bond acceptors (Lipinski definition) is 2. The first-order chi connectivity index (χ1) is 8.04. The van der Waals surface area contributed by atoms with Gasteiger partial charge in [-0.15, -0.1) is 0 Å². The van der Waals surface area contributed by atoms with Gasteiger partial charge in [-0.2, -0.15) is 0 Å². The fourth-order valence-corrected chi connectivity index (χ4v) is 2.67. The minimum absolute atomic E-state index is 0.258. The van der Waals surface area contributed by atoms with Gasteiger partial charge in [-0.25, -0.2) is 0 Å². The summed E-state index contributed by atoms with van der Waals surface area (Å²) in [5.41, 5.74) is 2.90. The number of aliphatic hydroxyl groups excluding tert-OH is 1. The highest BCUT2D eigenvalue weighted by molar-refractivity contribution is 5.53. The number of hydrogen-bond donors (Lipinski definition) is 1. The van der Waals surface area contributed by atoms with E-state index in [1.165, 1.54) is 11.3 Å². The van der Waals surface area contributed by atoms with Crippen molar-refractivity contribution in [3.05, 3.63) is 29.8 Å². The first-order valence-electron chi connectivity index (χ1n) is 6.46. The Balaban J connectivity index is 2.18. The van der Waals surface area contributed by atoms with Crippen LogP contribution in [0.3, 0.4) is 0 Å². The van der Waals surface area contributed by atoms with Crippen LogP contribution in [0.15, 0.2) is 24.3 Å². The number of aryl methyl sites for hydroxylation is 1. The quantitative estimate of drug-likeness (QED) is 0.849. The van der Waals surface area contributed by atoms with E-state index in [0.717, 1.165) is 19.5 Å². The average Bonchev–Trinajstić information content (AvgIpc) is 2.30. The number of rotatable bonds is 2. The second kappa shape index (κ2) is 4.69. The maximum Gasteiger partial charge on any atom is 0.0481 e. The van der Waals surface area contributed by atoms with Crippen molar-refractivity contribution in [2.45, 2.75) is 27.2 Å². The maximum atomic E-state index is 9.53. The lowest BCUT2D eigenvalue weighted by Gasteiger charge is -2.44. The molecule has 1 N–H and O–H groups in total. The van der Waals surface area contributed by atoms with Crippen LogP contribution in [-0.4, -0.2) is 24.8 Å². The molecule has 2 nitrogen and oxygen atoms in total. The molecule has 1 atom stereocenters. The predicted molar refractivity (Wildman–Crippen MR) is 72.4 cm³/mol. The number of aliphatic hydroxyl groups is 1. The van der Waals surface area contributed by atoms with Gasteiger partial charge in [0.2, 0.25) is 0 Å². The van der Waals surface area contributed by atoms with E-state index in [9.17, 15) is 5.11 Å². The van der Waals surface area contributed by atoms with E-state index in [2.05, 4.69) is 49.9 Å². The van der Waals surface area contributed by atoms with Crippen molar-refractivity contribution in [2.75, 3.05) is 24.6 Å². The molecule has 0 spiro atoms. The van der Waals surface area contributed by atoms with Crippen LogP contribution in [-0.2, 0) is 0 Å². The topological polar surface area (TPSA) is 23.5 Å². The monoisotopic (exact) mass is 233 g/mol. The molecule has 1 heterocycles. The lowest BCUT2D eigenvalue weighted by Crippen LogP contribution is -2.46. The normalized spacial score (nSPS) is 23.8. The van der Waals surface area contributed by atoms with Gasteiger partial charge in [-0.3, -0.25) is 0 Å². The largest absolute Gasteiger partial charge is 0.396 e. The van der Waals surface area contributed by atoms with Crippen molar-refractivity contribution in [3.63, 3.8) is 0 Å². The second-order valence-corrected chi connectivity index (χ2v) is 5.85. The third kappa shape index (κ3) is 2.47. The molecule has 2 rings (SSSR count). The molecule has 1 aliphatic heterocycles. The van der Waals surface area contributed by atoms with Crippen molar-refractivity contribution < 1.29 is 5.11 Å². The molecule has 0 amide bonds. The van der Waals surface area contributed by atoms with Crippen molar-refractivity contribution in [1.82, 2.24) is 0 Å². The van der Waals surface area contributed by atoms with Crippen LogP contribution < -0.4 is 4.90 Å². The molecule has 1 saturated heterocycles. The smallest absolute Gasteiger partial charge is 0.0481 e. The van der Waals surface area contributed by atoms with Gasteiger partial charge in [0.15, 0.2) is 0 Å². The number of benzene rings is 1. The summed E-state index contributed by atoms with van der Waals surface area (Å²) < 4.78 is 0. The van der Waals surface area contributed by atoms with Crippen LogP contribution in [0.2, 0.25) is 0 Å². The first kappa shape index (κ1) is 12.4. The molecule has 0 saturated carbocycles. The molecule has 0 aromatic heterocycles. The zero-order valence-electron chi connectivity index (χ0n) is 11.1. The Kier molecular flexibility index (Phi) is 3.43. The molecular formula is C15H23NO. The van der Waals surface area contributed by atoms with Gasteiger partial charge in [0, 0.05) is 31.3 Å². The lowest BCUT2D eigenvalue weighted by molar-refractivity contribution is 0.0967. The predicted octanol–water partition coefficient (Wildman–Crippen LogP) is 2.84. The van der Waals surface area contributed by atoms with Gasteiger partial charge < -0.3 is 10.0 Å². The van der Waals surface area contributed by atoms with Crippen molar-refractivity contribution in [2.24, 2.45) is 11.3 Å². The van der Waals surface area contributed by atoms with Gasteiger partial charge >= 0.3 is 0 Å². The van der Waals surface area contributed by atoms with Crippen LogP contribution in [0.4, 0.5) is 5.69 Å². The highest BCUT2D eigenvalue weighted by atomic mass is 16.3. The highest BCUT2D eigenvalue weighted by Crippen LogP contribution is 2.37. The number of para-hydroxylation sites is 1. The molecule has 17 heavy (non-hydrogen) atoms. The lowest BCUT2D eigenvalue weighted by atomic mass is 9.73. The van der Waals surface area contributed by atoms with Crippen molar-refractivity contribution in [1.29, 1.82) is 0 Å². The molecule has 0 bridgehead atoms. The fraction of sp³-hybridized carbons (Fsp3) is 0.600. The number of anilines is 1. The van der Waals surface area contributed by atoms with Crippen LogP contribution in [0.5, 0.6) is 0 Å². The minimum Gasteiger partial charge on any atom is -0.396 e. The van der Waals surface area contributed by atoms with E-state index in [4.69, 9.17) is 0 Å². The van der Waals surface area contributed by atoms with Gasteiger partial charge in [0.05, 0.1) is 0 Å². The highest BCUT2D eigenvalue weighted by Gasteiger charge is 2.35. The Bertz CT molecular complexity index is 386. The average molecular weight is 233 g/mol. The summed E-state index contributed by atoms with van der Waals surface area (Å²) in [7, 11) is 0. The summed E-state index contributed by atoms with van der Waals surface area (Å²) in [6.45, 7) is 9.03. The zero-order valence-corrected chi connectivity index (χ0v) is 11.1. The van der Waals surface area contributed by atoms with Crippen LogP contribution in [0.25, 0.3) is 0 Å². The molecule has 2 heteroatoms. The fourth-order valence-electron chi connectivity index (χ4n) is 2.67. The summed E-state index contributed by atoms with van der Waals surface area (Å²) in [6, 6.07) is 8.51. The van der Waals surface area contributed by atoms with Crippen molar-refractivity contribution >= 4 is 5.69 Å². The molecule has 1 aromatic carbocycles. The Labute approximate surface area is 104 Å². The Morgan fingerprint density at radius 3 is 2.71 bits per heavy atom. The second-order valence-electron chi connectivity index (χ2n) is 5.85.